The Morgan fingerprint density at radius 3 is 2.97 bits per heavy atom. The predicted octanol–water partition coefficient (Wildman–Crippen LogP) is 3.79. The van der Waals surface area contributed by atoms with E-state index in [9.17, 15) is 0 Å². The van der Waals surface area contributed by atoms with E-state index in [1.807, 2.05) is 47.3 Å². The molecule has 2 aromatic heterocycles. The molecule has 0 spiro atoms. The highest BCUT2D eigenvalue weighted by atomic mass is 127. The minimum atomic E-state index is 0. The van der Waals surface area contributed by atoms with E-state index in [1.165, 1.54) is 5.56 Å². The maximum Gasteiger partial charge on any atom is 0.191 e. The van der Waals surface area contributed by atoms with Gasteiger partial charge in [0.2, 0.25) is 0 Å². The molecule has 4 rings (SSSR count). The van der Waals surface area contributed by atoms with Gasteiger partial charge >= 0.3 is 0 Å². The number of para-hydroxylation sites is 1. The van der Waals surface area contributed by atoms with Crippen LogP contribution in [0.15, 0.2) is 70.5 Å². The Morgan fingerprint density at radius 1 is 1.20 bits per heavy atom. The minimum absolute atomic E-state index is 0. The highest BCUT2D eigenvalue weighted by Crippen LogP contribution is 2.31. The average Bonchev–Trinajstić information content (AvgIpc) is 3.45. The number of fused-ring (bicyclic) bond motifs is 1. The number of rotatable bonds is 8. The van der Waals surface area contributed by atoms with Gasteiger partial charge in [-0.15, -0.1) is 24.0 Å². The number of aromatic nitrogens is 2. The Bertz CT molecular complexity index is 896. The third-order valence-electron chi connectivity index (χ3n) is 4.89. The molecule has 7 nitrogen and oxygen atoms in total. The largest absolute Gasteiger partial charge is 0.493 e. The molecule has 1 atom stereocenters. The summed E-state index contributed by atoms with van der Waals surface area (Å²) in [5.41, 5.74) is 1.18. The van der Waals surface area contributed by atoms with Crippen molar-refractivity contribution in [3.8, 4) is 5.75 Å². The summed E-state index contributed by atoms with van der Waals surface area (Å²) in [5, 5.41) is 11.3. The van der Waals surface area contributed by atoms with Crippen molar-refractivity contribution in [2.45, 2.75) is 31.8 Å². The fourth-order valence-corrected chi connectivity index (χ4v) is 3.42. The summed E-state index contributed by atoms with van der Waals surface area (Å²) in [5.74, 6) is 2.73. The number of guanidine groups is 1. The lowest BCUT2D eigenvalue weighted by Crippen LogP contribution is -2.42. The second-order valence-electron chi connectivity index (χ2n) is 6.98. The van der Waals surface area contributed by atoms with Crippen LogP contribution >= 0.6 is 24.0 Å². The smallest absolute Gasteiger partial charge is 0.191 e. The molecule has 0 saturated carbocycles. The van der Waals surface area contributed by atoms with Gasteiger partial charge in [0.05, 0.1) is 18.9 Å². The minimum Gasteiger partial charge on any atom is -0.493 e. The van der Waals surface area contributed by atoms with Crippen molar-refractivity contribution >= 4 is 29.9 Å². The highest BCUT2D eigenvalue weighted by molar-refractivity contribution is 14.0. The summed E-state index contributed by atoms with van der Waals surface area (Å²) >= 11 is 0. The van der Waals surface area contributed by atoms with E-state index in [2.05, 4.69) is 21.8 Å². The third-order valence-corrected chi connectivity index (χ3v) is 4.89. The van der Waals surface area contributed by atoms with Gasteiger partial charge in [0.15, 0.2) is 5.96 Å². The molecule has 0 radical (unpaired) electrons. The molecule has 0 saturated heterocycles. The number of hydrogen-bond donors (Lipinski definition) is 2. The van der Waals surface area contributed by atoms with E-state index in [4.69, 9.17) is 14.1 Å². The molecule has 2 N–H and O–H groups in total. The molecule has 1 unspecified atom stereocenters. The van der Waals surface area contributed by atoms with Crippen LogP contribution < -0.4 is 15.4 Å². The van der Waals surface area contributed by atoms with E-state index in [0.717, 1.165) is 56.4 Å². The molecule has 30 heavy (non-hydrogen) atoms. The number of ether oxygens (including phenoxy) is 1. The molecule has 1 aromatic carbocycles. The van der Waals surface area contributed by atoms with Gasteiger partial charge in [-0.2, -0.15) is 5.10 Å². The molecule has 8 heteroatoms. The summed E-state index contributed by atoms with van der Waals surface area (Å²) in [6.07, 6.45) is 8.13. The molecular formula is C22H28IN5O2. The first-order chi connectivity index (χ1) is 14.4. The topological polar surface area (TPSA) is 76.6 Å². The summed E-state index contributed by atoms with van der Waals surface area (Å²) < 4.78 is 13.1. The van der Waals surface area contributed by atoms with Gasteiger partial charge in [-0.3, -0.25) is 9.67 Å². The highest BCUT2D eigenvalue weighted by Gasteiger charge is 2.21. The first kappa shape index (κ1) is 22.2. The number of furan rings is 1. The van der Waals surface area contributed by atoms with E-state index >= 15 is 0 Å². The SMILES string of the molecule is I.c1coc(CCNC(=NCCCn2cccn2)NC2CCOc3ccccc32)c1. The number of benzene rings is 1. The lowest BCUT2D eigenvalue weighted by molar-refractivity contribution is 0.261. The molecule has 1 aliphatic rings. The van der Waals surface area contributed by atoms with Crippen LogP contribution in [0.2, 0.25) is 0 Å². The van der Waals surface area contributed by atoms with Crippen molar-refractivity contribution in [2.75, 3.05) is 19.7 Å². The average molecular weight is 521 g/mol. The summed E-state index contributed by atoms with van der Waals surface area (Å²) in [4.78, 5) is 4.79. The standard InChI is InChI=1S/C22H27N5O2.HI/c1-2-8-21-19(7-1)20(10-17-29-21)26-22(24-13-9-18-6-3-16-28-18)23-11-4-14-27-15-5-12-25-27;/h1-3,5-8,12,15-16,20H,4,9-11,13-14,17H2,(H2,23,24,26);1H. The van der Waals surface area contributed by atoms with Gasteiger partial charge in [0, 0.05) is 50.4 Å². The zero-order chi connectivity index (χ0) is 19.7. The third kappa shape index (κ3) is 6.25. The Balaban J connectivity index is 0.00000256. The van der Waals surface area contributed by atoms with E-state index in [1.54, 1.807) is 12.5 Å². The van der Waals surface area contributed by atoms with Gasteiger partial charge in [-0.05, 0) is 30.7 Å². The first-order valence-electron chi connectivity index (χ1n) is 10.1. The predicted molar refractivity (Wildman–Crippen MR) is 127 cm³/mol. The van der Waals surface area contributed by atoms with Gasteiger partial charge in [0.1, 0.15) is 11.5 Å². The quantitative estimate of drug-likeness (QED) is 0.204. The van der Waals surface area contributed by atoms with Crippen LogP contribution in [0.5, 0.6) is 5.75 Å². The van der Waals surface area contributed by atoms with Crippen LogP contribution in [-0.4, -0.2) is 35.4 Å². The molecule has 160 valence electrons. The first-order valence-corrected chi connectivity index (χ1v) is 10.1. The van der Waals surface area contributed by atoms with E-state index in [0.29, 0.717) is 6.61 Å². The van der Waals surface area contributed by atoms with Crippen molar-refractivity contribution in [1.29, 1.82) is 0 Å². The fourth-order valence-electron chi connectivity index (χ4n) is 3.42. The zero-order valence-electron chi connectivity index (χ0n) is 16.9. The molecule has 3 aromatic rings. The molecule has 0 bridgehead atoms. The van der Waals surface area contributed by atoms with Crippen molar-refractivity contribution < 1.29 is 9.15 Å². The maximum absolute atomic E-state index is 5.78. The Hall–Kier alpha value is -2.49. The van der Waals surface area contributed by atoms with Crippen LogP contribution in [0.3, 0.4) is 0 Å². The van der Waals surface area contributed by atoms with Gasteiger partial charge < -0.3 is 19.8 Å². The summed E-state index contributed by atoms with van der Waals surface area (Å²) in [6.45, 7) is 3.04. The Labute approximate surface area is 193 Å². The Morgan fingerprint density at radius 2 is 2.13 bits per heavy atom. The normalized spacial score (nSPS) is 15.6. The molecule has 0 fully saturated rings. The summed E-state index contributed by atoms with van der Waals surface area (Å²) in [6, 6.07) is 14.2. The van der Waals surface area contributed by atoms with Crippen LogP contribution in [0, 0.1) is 0 Å². The lowest BCUT2D eigenvalue weighted by atomic mass is 10.0. The van der Waals surface area contributed by atoms with Crippen LogP contribution in [-0.2, 0) is 13.0 Å². The van der Waals surface area contributed by atoms with E-state index in [-0.39, 0.29) is 30.0 Å². The number of nitrogens with one attached hydrogen (secondary N) is 2. The van der Waals surface area contributed by atoms with Crippen LogP contribution in [0.1, 0.15) is 30.2 Å². The number of halogens is 1. The van der Waals surface area contributed by atoms with Gasteiger partial charge in [-0.1, -0.05) is 18.2 Å². The number of hydrogen-bond acceptors (Lipinski definition) is 4. The van der Waals surface area contributed by atoms with Crippen molar-refractivity contribution in [3.63, 3.8) is 0 Å². The zero-order valence-corrected chi connectivity index (χ0v) is 19.2. The van der Waals surface area contributed by atoms with Gasteiger partial charge in [0.25, 0.3) is 0 Å². The second kappa shape index (κ2) is 11.6. The van der Waals surface area contributed by atoms with Crippen molar-refractivity contribution in [2.24, 2.45) is 4.99 Å². The Kier molecular flexibility index (Phi) is 8.61. The molecular weight excluding hydrogens is 493 g/mol. The second-order valence-corrected chi connectivity index (χ2v) is 6.98. The maximum atomic E-state index is 5.78. The van der Waals surface area contributed by atoms with Gasteiger partial charge in [-0.25, -0.2) is 0 Å². The van der Waals surface area contributed by atoms with Crippen LogP contribution in [0.4, 0.5) is 0 Å². The molecule has 0 amide bonds. The van der Waals surface area contributed by atoms with Crippen molar-refractivity contribution in [3.05, 3.63) is 72.4 Å². The lowest BCUT2D eigenvalue weighted by Gasteiger charge is -2.28. The molecule has 1 aliphatic heterocycles. The molecule has 3 heterocycles. The summed E-state index contributed by atoms with van der Waals surface area (Å²) in [7, 11) is 0. The number of nitrogens with zero attached hydrogens (tertiary/aromatic N) is 3. The number of aliphatic imine (C=N–C) groups is 1. The monoisotopic (exact) mass is 521 g/mol. The molecule has 0 aliphatic carbocycles. The number of aryl methyl sites for hydroxylation is 1. The van der Waals surface area contributed by atoms with Crippen molar-refractivity contribution in [1.82, 2.24) is 20.4 Å². The van der Waals surface area contributed by atoms with Crippen LogP contribution in [0.25, 0.3) is 0 Å². The fraction of sp³-hybridized carbons (Fsp3) is 0.364. The van der Waals surface area contributed by atoms with E-state index < -0.39 is 0 Å².